The lowest BCUT2D eigenvalue weighted by molar-refractivity contribution is -0.122. The number of carbonyl (C=O) groups excluding carboxylic acids is 4. The predicted octanol–water partition coefficient (Wildman–Crippen LogP) is 24.3. The molecule has 32 heteroatoms. The summed E-state index contributed by atoms with van der Waals surface area (Å²) in [5.41, 5.74) is 31.4. The molecular weight excluding hydrogens is 1850 g/mol. The van der Waals surface area contributed by atoms with Gasteiger partial charge in [0.05, 0.1) is 137 Å². The molecule has 8 aromatic carbocycles. The number of H-pyrrole nitrogens is 8. The molecule has 24 aromatic rings. The highest BCUT2D eigenvalue weighted by atomic mass is 16.2. The largest absolute Gasteiger partial charge is 0.337 e. The minimum atomic E-state index is 0.00308. The number of pyridine rings is 8. The Hall–Kier alpha value is -19.4. The number of anilines is 4. The van der Waals surface area contributed by atoms with Crippen LogP contribution in [0, 0.1) is 17.8 Å². The van der Waals surface area contributed by atoms with Gasteiger partial charge in [0.2, 0.25) is 23.6 Å². The second-order valence-corrected chi connectivity index (χ2v) is 37.2. The number of imidazole rings is 4. The molecule has 3 saturated carbocycles. The Labute approximate surface area is 844 Å². The number of hydrogen-bond acceptors (Lipinski definition) is 20. The Kier molecular flexibility index (Phi) is 24.7. The van der Waals surface area contributed by atoms with Crippen LogP contribution in [-0.2, 0) is 19.2 Å². The van der Waals surface area contributed by atoms with E-state index in [1.54, 1.807) is 68.2 Å². The number of benzene rings is 8. The van der Waals surface area contributed by atoms with Crippen LogP contribution in [0.2, 0.25) is 0 Å². The van der Waals surface area contributed by atoms with E-state index in [2.05, 4.69) is 153 Å². The maximum atomic E-state index is 12.6. The van der Waals surface area contributed by atoms with Crippen LogP contribution in [0.25, 0.3) is 223 Å². The summed E-state index contributed by atoms with van der Waals surface area (Å²) < 4.78 is 0. The molecule has 722 valence electrons. The molecule has 16 aromatic heterocycles. The van der Waals surface area contributed by atoms with E-state index in [0.717, 1.165) is 271 Å². The van der Waals surface area contributed by atoms with E-state index in [9.17, 15) is 19.2 Å². The third kappa shape index (κ3) is 19.0. The number of amides is 4. The quantitative estimate of drug-likeness (QED) is 0.0300. The number of rotatable bonds is 22. The molecule has 0 unspecified atom stereocenters. The zero-order chi connectivity index (χ0) is 99.5. The van der Waals surface area contributed by atoms with E-state index in [-0.39, 0.29) is 41.4 Å². The molecule has 0 spiro atoms. The second kappa shape index (κ2) is 40.2. The van der Waals surface area contributed by atoms with Gasteiger partial charge < -0.3 is 41.2 Å². The van der Waals surface area contributed by atoms with Crippen LogP contribution in [0.3, 0.4) is 0 Å². The molecular formula is C116H94N28O4. The van der Waals surface area contributed by atoms with E-state index >= 15 is 0 Å². The van der Waals surface area contributed by atoms with Gasteiger partial charge in [0, 0.05) is 140 Å². The van der Waals surface area contributed by atoms with Crippen LogP contribution in [0.1, 0.15) is 84.0 Å². The Morgan fingerprint density at radius 1 is 0.284 bits per heavy atom. The number of aromatic amines is 8. The van der Waals surface area contributed by atoms with Gasteiger partial charge in [-0.1, -0.05) is 130 Å². The van der Waals surface area contributed by atoms with Gasteiger partial charge in [-0.15, -0.1) is 0 Å². The Morgan fingerprint density at radius 3 is 0.831 bits per heavy atom. The van der Waals surface area contributed by atoms with E-state index in [1.165, 1.54) is 0 Å². The van der Waals surface area contributed by atoms with E-state index in [1.807, 2.05) is 225 Å². The molecule has 4 amide bonds. The van der Waals surface area contributed by atoms with Crippen LogP contribution in [0.5, 0.6) is 0 Å². The molecule has 27 rings (SSSR count). The molecule has 3 aliphatic carbocycles. The summed E-state index contributed by atoms with van der Waals surface area (Å²) >= 11 is 0. The SMILES string of the molecule is CCCCC(=O)Nc1cncc(-c2ccc3[nH]nc(-c4nc5c(-c6ccccn6)cccc5[nH]4)c3c2)c1.O=C(Nc1cncc(-c2ccc3[nH]nc(-c4nc5c(-c6ccccn6)cccc5[nH]4)c3c2)c1)C1CC1.O=C(Nc1cncc(-c2ccc3[nH]nc(-c4nc5c(-c6ccccn6)cccc5[nH]4)c3c2)c1)C1CCC1.O=C(Nc1cncc(-c2ccc3[nH]nc(-c4nc5c(-c6ccccn6)cccc5[nH]4)c3c2)c1)C1CCCC1. The summed E-state index contributed by atoms with van der Waals surface area (Å²) in [6, 6.07) is 79.8. The first kappa shape index (κ1) is 91.1. The standard InChI is InChI=1S/C30H25N7O.C29H23N7O.C29H25N7O.C28H21N7O/c38-30(18-6-1-2-7-18)33-21-14-20(16-31-17-21)19-11-12-25-23(15-19)28(37-36-25)29-34-26-10-5-8-22(27(26)35-29)24-9-3-4-13-32-24;37-29(17-5-3-6-17)32-20-13-19(15-30-16-20)18-10-11-24-22(14-18)27(36-35-24)28-33-25-9-4-7-21(26(25)34-28)23-8-1-2-12-31-23;1-2-3-10-26(37)32-20-14-19(16-30-17-20)18-11-12-24-22(15-18)28(36-35-24)29-33-25-9-6-7-21(27(25)34-29)23-8-4-5-13-31-23;36-28(16-7-8-16)31-19-12-18(14-29-15-19)17-9-10-23-21(13-17)26(35-34-23)27-32-24-6-3-4-20(25(24)33-27)22-5-1-2-11-30-22/h3-5,8-18H,1-2,6-7H2,(H,33,38)(H,34,35)(H,36,37);1-2,4,7-17H,3,5-6H2,(H,32,37)(H,33,34)(H,35,36);4-9,11-17H,2-3,10H2,1H3,(H,32,37)(H,33,34)(H,35,36);1-6,9-16H,7-8H2,(H,31,36)(H,32,33)(H,34,35). The van der Waals surface area contributed by atoms with E-state index in [4.69, 9.17) is 19.9 Å². The maximum Gasteiger partial charge on any atom is 0.227 e. The van der Waals surface area contributed by atoms with Crippen molar-refractivity contribution in [3.63, 3.8) is 0 Å². The van der Waals surface area contributed by atoms with Gasteiger partial charge in [-0.3, -0.25) is 79.4 Å². The fraction of sp³-hybridized carbons (Fsp3) is 0.138. The molecule has 16 heterocycles. The van der Waals surface area contributed by atoms with Crippen molar-refractivity contribution in [3.05, 3.63) is 317 Å². The highest BCUT2D eigenvalue weighted by molar-refractivity contribution is 6.05. The molecule has 32 nitrogen and oxygen atoms in total. The van der Waals surface area contributed by atoms with Crippen molar-refractivity contribution >= 4 is 134 Å². The monoisotopic (exact) mass is 1940 g/mol. The van der Waals surface area contributed by atoms with Gasteiger partial charge in [-0.2, -0.15) is 20.4 Å². The number of hydrogen-bond donors (Lipinski definition) is 12. The van der Waals surface area contributed by atoms with Gasteiger partial charge in [0.15, 0.2) is 23.3 Å². The summed E-state index contributed by atoms with van der Waals surface area (Å²) in [7, 11) is 0. The third-order valence-corrected chi connectivity index (χ3v) is 27.2. The van der Waals surface area contributed by atoms with Gasteiger partial charge in [0.1, 0.15) is 22.8 Å². The number of carbonyl (C=O) groups is 4. The fourth-order valence-electron chi connectivity index (χ4n) is 19.2. The summed E-state index contributed by atoms with van der Waals surface area (Å²) in [5.74, 6) is 3.32. The molecule has 148 heavy (non-hydrogen) atoms. The summed E-state index contributed by atoms with van der Waals surface area (Å²) in [6.07, 6.45) is 32.6. The first-order valence-corrected chi connectivity index (χ1v) is 49.5. The molecule has 0 saturated heterocycles. The second-order valence-electron chi connectivity index (χ2n) is 37.2. The minimum Gasteiger partial charge on any atom is -0.337 e. The topological polar surface area (TPSA) is 449 Å². The molecule has 0 radical (unpaired) electrons. The highest BCUT2D eigenvalue weighted by Crippen LogP contribution is 2.42. The van der Waals surface area contributed by atoms with Gasteiger partial charge in [-0.25, -0.2) is 19.9 Å². The summed E-state index contributed by atoms with van der Waals surface area (Å²) in [4.78, 5) is 118. The zero-order valence-electron chi connectivity index (χ0n) is 80.0. The van der Waals surface area contributed by atoms with Crippen molar-refractivity contribution in [2.24, 2.45) is 17.8 Å². The number of nitrogens with zero attached hydrogens (tertiary/aromatic N) is 16. The first-order chi connectivity index (χ1) is 72.9. The first-order valence-electron chi connectivity index (χ1n) is 49.5. The van der Waals surface area contributed by atoms with Crippen LogP contribution < -0.4 is 21.3 Å². The molecule has 3 fully saturated rings. The molecule has 0 atom stereocenters. The van der Waals surface area contributed by atoms with Crippen molar-refractivity contribution in [2.75, 3.05) is 21.3 Å². The smallest absolute Gasteiger partial charge is 0.227 e. The average molecular weight is 1940 g/mol. The highest BCUT2D eigenvalue weighted by Gasteiger charge is 2.31. The molecule has 3 aliphatic rings. The van der Waals surface area contributed by atoms with Crippen molar-refractivity contribution in [2.45, 2.75) is 84.0 Å². The van der Waals surface area contributed by atoms with Crippen molar-refractivity contribution in [1.29, 1.82) is 0 Å². The Balaban J connectivity index is 0.000000105. The lowest BCUT2D eigenvalue weighted by Gasteiger charge is -2.24. The number of unbranched alkanes of at least 4 members (excludes halogenated alkanes) is 1. The van der Waals surface area contributed by atoms with Gasteiger partial charge in [-0.05, 0) is 213 Å². The van der Waals surface area contributed by atoms with Gasteiger partial charge >= 0.3 is 0 Å². The summed E-state index contributed by atoms with van der Waals surface area (Å²) in [6.45, 7) is 2.07. The Morgan fingerprint density at radius 2 is 0.568 bits per heavy atom. The number of aromatic nitrogens is 24. The summed E-state index contributed by atoms with van der Waals surface area (Å²) in [5, 5.41) is 46.6. The van der Waals surface area contributed by atoms with Crippen molar-refractivity contribution in [3.8, 4) is 136 Å². The normalized spacial score (nSPS) is 13.0. The van der Waals surface area contributed by atoms with E-state index < -0.39 is 0 Å². The zero-order valence-corrected chi connectivity index (χ0v) is 80.0. The number of nitrogens with one attached hydrogen (secondary N) is 12. The number of fused-ring (bicyclic) bond motifs is 8. The average Bonchev–Trinajstić information content (AvgIpc) is 1.62. The third-order valence-electron chi connectivity index (χ3n) is 27.2. The van der Waals surface area contributed by atoms with E-state index in [0.29, 0.717) is 52.5 Å². The molecule has 0 aliphatic heterocycles. The minimum absolute atomic E-state index is 0.00308. The molecule has 0 bridgehead atoms. The number of para-hydroxylation sites is 4. The van der Waals surface area contributed by atoms with Crippen LogP contribution >= 0.6 is 0 Å². The fourth-order valence-corrected chi connectivity index (χ4v) is 19.2. The van der Waals surface area contributed by atoms with Gasteiger partial charge in [0.25, 0.3) is 0 Å². The maximum absolute atomic E-state index is 12.6. The van der Waals surface area contributed by atoms with Crippen LogP contribution in [0.4, 0.5) is 22.7 Å². The van der Waals surface area contributed by atoms with Crippen LogP contribution in [0.15, 0.2) is 317 Å². The lowest BCUT2D eigenvalue weighted by atomic mass is 9.85. The van der Waals surface area contributed by atoms with Crippen molar-refractivity contribution < 1.29 is 19.2 Å². The van der Waals surface area contributed by atoms with Crippen molar-refractivity contribution in [1.82, 2.24) is 121 Å². The predicted molar refractivity (Wildman–Crippen MR) is 577 cm³/mol. The van der Waals surface area contributed by atoms with Crippen LogP contribution in [-0.4, -0.2) is 144 Å². The molecule has 12 N–H and O–H groups in total. The lowest BCUT2D eigenvalue weighted by Crippen LogP contribution is -2.28. The Bertz CT molecular complexity index is 9110.